The molecule has 3 heteroatoms. The number of benzene rings is 1. The predicted molar refractivity (Wildman–Crippen MR) is 83.0 cm³/mol. The molecular weight excluding hydrogens is 306 g/mol. The van der Waals surface area contributed by atoms with Crippen molar-refractivity contribution in [1.29, 1.82) is 0 Å². The van der Waals surface area contributed by atoms with Crippen LogP contribution in [0.4, 0.5) is 0 Å². The van der Waals surface area contributed by atoms with Crippen molar-refractivity contribution < 1.29 is 0 Å². The van der Waals surface area contributed by atoms with Gasteiger partial charge in [-0.3, -0.25) is 0 Å². The van der Waals surface area contributed by atoms with Crippen LogP contribution in [0.3, 0.4) is 0 Å². The smallest absolute Gasteiger partial charge is 0.0701 e. The summed E-state index contributed by atoms with van der Waals surface area (Å²) in [5.74, 6) is 0. The molecule has 18 heavy (non-hydrogen) atoms. The van der Waals surface area contributed by atoms with Crippen molar-refractivity contribution in [3.63, 3.8) is 0 Å². The second-order valence-electron chi connectivity index (χ2n) is 4.40. The van der Waals surface area contributed by atoms with Crippen LogP contribution in [0.1, 0.15) is 42.8 Å². The molecule has 1 aromatic carbocycles. The molecule has 0 fully saturated rings. The number of halogens is 1. The van der Waals surface area contributed by atoms with Crippen LogP contribution in [0, 0.1) is 0 Å². The monoisotopic (exact) mass is 323 g/mol. The Kier molecular flexibility index (Phi) is 4.98. The quantitative estimate of drug-likeness (QED) is 0.785. The first-order valence-electron chi connectivity index (χ1n) is 6.27. The van der Waals surface area contributed by atoms with Crippen LogP contribution >= 0.6 is 27.3 Å². The van der Waals surface area contributed by atoms with Gasteiger partial charge in [-0.1, -0.05) is 37.3 Å². The van der Waals surface area contributed by atoms with Gasteiger partial charge in [0.25, 0.3) is 0 Å². The molecule has 1 nitrogen and oxygen atoms in total. The van der Waals surface area contributed by atoms with Gasteiger partial charge in [-0.05, 0) is 47.0 Å². The third-order valence-electron chi connectivity index (χ3n) is 3.08. The third-order valence-corrected chi connectivity index (χ3v) is 4.89. The maximum absolute atomic E-state index is 3.70. The summed E-state index contributed by atoms with van der Waals surface area (Å²) in [6.45, 7) is 4.45. The zero-order chi connectivity index (χ0) is 13.0. The maximum atomic E-state index is 3.70. The molecule has 2 unspecified atom stereocenters. The van der Waals surface area contributed by atoms with E-state index in [4.69, 9.17) is 0 Å². The van der Waals surface area contributed by atoms with Crippen LogP contribution in [0.15, 0.2) is 46.3 Å². The third kappa shape index (κ3) is 3.44. The predicted octanol–water partition coefficient (Wildman–Crippen LogP) is 5.31. The van der Waals surface area contributed by atoms with E-state index < -0.39 is 0 Å². The summed E-state index contributed by atoms with van der Waals surface area (Å²) in [5, 5.41) is 3.70. The lowest BCUT2D eigenvalue weighted by Gasteiger charge is -2.22. The highest BCUT2D eigenvalue weighted by molar-refractivity contribution is 9.11. The van der Waals surface area contributed by atoms with Gasteiger partial charge in [0.1, 0.15) is 0 Å². The first kappa shape index (κ1) is 13.8. The van der Waals surface area contributed by atoms with Crippen molar-refractivity contribution in [3.8, 4) is 0 Å². The van der Waals surface area contributed by atoms with Crippen molar-refractivity contribution in [2.45, 2.75) is 32.4 Å². The van der Waals surface area contributed by atoms with Gasteiger partial charge in [-0.25, -0.2) is 0 Å². The van der Waals surface area contributed by atoms with Gasteiger partial charge < -0.3 is 5.32 Å². The van der Waals surface area contributed by atoms with E-state index in [1.54, 1.807) is 11.3 Å². The van der Waals surface area contributed by atoms with Crippen molar-refractivity contribution >= 4 is 27.3 Å². The highest BCUT2D eigenvalue weighted by Crippen LogP contribution is 2.29. The number of nitrogens with one attached hydrogen (secondary N) is 1. The van der Waals surface area contributed by atoms with Crippen LogP contribution in [0.5, 0.6) is 0 Å². The molecule has 0 bridgehead atoms. The molecule has 0 aliphatic heterocycles. The average Bonchev–Trinajstić information content (AvgIpc) is 2.83. The number of hydrogen-bond acceptors (Lipinski definition) is 2. The number of rotatable bonds is 5. The Balaban J connectivity index is 2.07. The molecule has 2 atom stereocenters. The topological polar surface area (TPSA) is 12.0 Å². The van der Waals surface area contributed by atoms with Gasteiger partial charge in [0.15, 0.2) is 0 Å². The molecule has 1 aromatic heterocycles. The van der Waals surface area contributed by atoms with Crippen LogP contribution in [0.25, 0.3) is 0 Å². The van der Waals surface area contributed by atoms with Crippen LogP contribution in [0.2, 0.25) is 0 Å². The highest BCUT2D eigenvalue weighted by atomic mass is 79.9. The largest absolute Gasteiger partial charge is 0.303 e. The Labute approximate surface area is 121 Å². The molecule has 0 amide bonds. The Morgan fingerprint density at radius 2 is 1.89 bits per heavy atom. The minimum absolute atomic E-state index is 0.381. The number of hydrogen-bond donors (Lipinski definition) is 1. The lowest BCUT2D eigenvalue weighted by atomic mass is 10.0. The SMILES string of the molecule is CCC(NC(C)c1ccc(Br)s1)c1ccccc1. The summed E-state index contributed by atoms with van der Waals surface area (Å²) in [7, 11) is 0. The van der Waals surface area contributed by atoms with Crippen molar-refractivity contribution in [2.24, 2.45) is 0 Å². The Bertz CT molecular complexity index is 480. The average molecular weight is 324 g/mol. The van der Waals surface area contributed by atoms with E-state index >= 15 is 0 Å². The molecule has 0 aliphatic rings. The van der Waals surface area contributed by atoms with E-state index in [0.29, 0.717) is 12.1 Å². The molecule has 0 saturated heterocycles. The van der Waals surface area contributed by atoms with Crippen molar-refractivity contribution in [3.05, 3.63) is 56.7 Å². The van der Waals surface area contributed by atoms with Crippen LogP contribution in [-0.2, 0) is 0 Å². The standard InChI is InChI=1S/C15H18BrNS/c1-3-13(12-7-5-4-6-8-12)17-11(2)14-9-10-15(16)18-14/h4-11,13,17H,3H2,1-2H3. The molecule has 0 aliphatic carbocycles. The van der Waals surface area contributed by atoms with Gasteiger partial charge >= 0.3 is 0 Å². The summed E-state index contributed by atoms with van der Waals surface area (Å²) in [6.07, 6.45) is 1.10. The van der Waals surface area contributed by atoms with E-state index in [0.717, 1.165) is 6.42 Å². The van der Waals surface area contributed by atoms with E-state index in [9.17, 15) is 0 Å². The van der Waals surface area contributed by atoms with Gasteiger partial charge in [-0.15, -0.1) is 11.3 Å². The summed E-state index contributed by atoms with van der Waals surface area (Å²) in [5.41, 5.74) is 1.36. The fourth-order valence-electron chi connectivity index (χ4n) is 2.08. The zero-order valence-corrected chi connectivity index (χ0v) is 13.1. The van der Waals surface area contributed by atoms with Gasteiger partial charge in [0.05, 0.1) is 3.79 Å². The van der Waals surface area contributed by atoms with Crippen molar-refractivity contribution in [2.75, 3.05) is 0 Å². The van der Waals surface area contributed by atoms with E-state index in [2.05, 4.69) is 77.6 Å². The molecule has 0 saturated carbocycles. The van der Waals surface area contributed by atoms with Crippen molar-refractivity contribution in [1.82, 2.24) is 5.32 Å². The van der Waals surface area contributed by atoms with E-state index in [1.807, 2.05) is 0 Å². The molecule has 2 aromatic rings. The minimum Gasteiger partial charge on any atom is -0.303 e. The van der Waals surface area contributed by atoms with Gasteiger partial charge in [-0.2, -0.15) is 0 Å². The van der Waals surface area contributed by atoms with Gasteiger partial charge in [0, 0.05) is 17.0 Å². The van der Waals surface area contributed by atoms with Crippen LogP contribution in [-0.4, -0.2) is 0 Å². The highest BCUT2D eigenvalue weighted by Gasteiger charge is 2.14. The first-order chi connectivity index (χ1) is 8.70. The summed E-state index contributed by atoms with van der Waals surface area (Å²) < 4.78 is 1.19. The lowest BCUT2D eigenvalue weighted by Crippen LogP contribution is -2.23. The van der Waals surface area contributed by atoms with Crippen LogP contribution < -0.4 is 5.32 Å². The minimum atomic E-state index is 0.381. The summed E-state index contributed by atoms with van der Waals surface area (Å²) in [6, 6.07) is 15.8. The summed E-state index contributed by atoms with van der Waals surface area (Å²) in [4.78, 5) is 1.37. The number of thiophene rings is 1. The molecular formula is C15H18BrNS. The molecule has 0 spiro atoms. The molecule has 1 heterocycles. The molecule has 2 rings (SSSR count). The summed E-state index contributed by atoms with van der Waals surface area (Å²) >= 11 is 5.32. The first-order valence-corrected chi connectivity index (χ1v) is 7.88. The van der Waals surface area contributed by atoms with E-state index in [-0.39, 0.29) is 0 Å². The normalized spacial score (nSPS) is 14.4. The maximum Gasteiger partial charge on any atom is 0.0701 e. The lowest BCUT2D eigenvalue weighted by molar-refractivity contribution is 0.460. The van der Waals surface area contributed by atoms with E-state index in [1.165, 1.54) is 14.2 Å². The Morgan fingerprint density at radius 1 is 1.17 bits per heavy atom. The second kappa shape index (κ2) is 6.50. The fourth-order valence-corrected chi connectivity index (χ4v) is 3.52. The molecule has 96 valence electrons. The second-order valence-corrected chi connectivity index (χ2v) is 6.90. The molecule has 1 N–H and O–H groups in total. The fraction of sp³-hybridized carbons (Fsp3) is 0.333. The molecule has 0 radical (unpaired) electrons. The van der Waals surface area contributed by atoms with Gasteiger partial charge in [0.2, 0.25) is 0 Å². The zero-order valence-electron chi connectivity index (χ0n) is 10.7. The Hall–Kier alpha value is -0.640. The Morgan fingerprint density at radius 3 is 2.44 bits per heavy atom.